The number of carboxylic acids is 1. The molecule has 29 nitrogen and oxygen atoms in total. The van der Waals surface area contributed by atoms with Crippen molar-refractivity contribution in [3.05, 3.63) is 145 Å². The van der Waals surface area contributed by atoms with E-state index in [2.05, 4.69) is 46.4 Å². The largest absolute Gasteiger partial charge is 0.543 e. The number of likely N-dealkylation sites (tertiary alicyclic amines) is 3. The number of benzene rings is 3. The van der Waals surface area contributed by atoms with Crippen LogP contribution in [0.15, 0.2) is 133 Å². The number of aromatic nitrogens is 2. The van der Waals surface area contributed by atoms with Gasteiger partial charge in [-0.05, 0) is 47.5 Å². The lowest BCUT2D eigenvalue weighted by atomic mass is 9.89. The van der Waals surface area contributed by atoms with Crippen molar-refractivity contribution in [1.82, 2.24) is 24.7 Å². The third-order valence-corrected chi connectivity index (χ3v) is 26.6. The summed E-state index contributed by atoms with van der Waals surface area (Å²) in [7, 11) is 12.4. The number of thioether (sulfide) groups is 3. The minimum absolute atomic E-state index is 0.00433. The fraction of sp³-hybridized carbons (Fsp3) is 0.461. The highest BCUT2D eigenvalue weighted by Gasteiger charge is 2.58. The number of hydrogen-bond donors (Lipinski definition) is 3. The van der Waals surface area contributed by atoms with Gasteiger partial charge in [0.15, 0.2) is 39.3 Å². The van der Waals surface area contributed by atoms with Crippen molar-refractivity contribution < 1.29 is 90.6 Å². The number of carbonyl (C=O) groups excluding carboxylic acids is 8. The number of carbonyl (C=O) groups is 8. The number of anilines is 2. The molecule has 0 aliphatic carbocycles. The quantitative estimate of drug-likeness (QED) is 0.0179. The molecule has 2 aromatic heterocycles. The summed E-state index contributed by atoms with van der Waals surface area (Å²) in [5, 5.41) is 32.4. The van der Waals surface area contributed by atoms with E-state index in [1.165, 1.54) is 77.5 Å². The van der Waals surface area contributed by atoms with Gasteiger partial charge in [-0.3, -0.25) is 43.7 Å². The van der Waals surface area contributed by atoms with Crippen molar-refractivity contribution in [2.45, 2.75) is 86.7 Å². The summed E-state index contributed by atoms with van der Waals surface area (Å²) < 4.78 is 24.3. The second-order valence-electron chi connectivity index (χ2n) is 29.2. The van der Waals surface area contributed by atoms with Crippen molar-refractivity contribution in [3.8, 4) is 17.2 Å². The van der Waals surface area contributed by atoms with E-state index in [4.69, 9.17) is 40.1 Å². The molecule has 0 spiro atoms. The van der Waals surface area contributed by atoms with Crippen LogP contribution in [0.2, 0.25) is 0 Å². The van der Waals surface area contributed by atoms with Crippen LogP contribution >= 0.6 is 58.0 Å². The van der Waals surface area contributed by atoms with Crippen LogP contribution in [0.5, 0.6) is 17.2 Å². The number of Topliss-reactive ketones (excluding diaryl/α,β-unsaturated/α-hetero) is 2. The lowest BCUT2D eigenvalue weighted by molar-refractivity contribution is -0.893. The first-order chi connectivity index (χ1) is 52.8. The molecule has 9 aliphatic heterocycles. The van der Waals surface area contributed by atoms with Crippen LogP contribution in [0, 0.1) is 11.8 Å². The number of likely N-dealkylation sites (N-methyl/N-ethyl adjacent to an activating group) is 3. The van der Waals surface area contributed by atoms with Crippen LogP contribution in [-0.4, -0.2) is 256 Å². The number of phenols is 1. The highest BCUT2D eigenvalue weighted by atomic mass is 32.2. The smallest absolute Gasteiger partial charge is 0.355 e. The summed E-state index contributed by atoms with van der Waals surface area (Å²) in [5.41, 5.74) is 17.5. The van der Waals surface area contributed by atoms with Gasteiger partial charge in [0.1, 0.15) is 92.5 Å². The predicted octanol–water partition coefficient (Wildman–Crippen LogP) is 5.96. The summed E-state index contributed by atoms with van der Waals surface area (Å²) in [6.07, 6.45) is 8.18. The fourth-order valence-corrected chi connectivity index (χ4v) is 20.7. The normalized spacial score (nSPS) is 23.0. The number of ketones is 2. The Bertz CT molecular complexity index is 4520. The van der Waals surface area contributed by atoms with Crippen LogP contribution < -0.4 is 26.0 Å². The maximum absolute atomic E-state index is 13.6. The van der Waals surface area contributed by atoms with Gasteiger partial charge in [-0.25, -0.2) is 19.6 Å². The standard InChI is InChI=1S/C28H34N5O6S2.C28H31N3O5S.C20H25N5O5S2/c1-33(10-4-5-11-33)13-18-15-40-26-20(12-22(34)23(31-38-3)21-16-41-28(29)30-21)25(35)32(26)24(18)27(36)39-14-17-6-8-19(37-2)9-7-17;1-31(13-5-6-14-31)16-21-18-37-27-24(29-15-20-7-3-4-8-23(20)32)26(33)30(27)25(21)28(34)36-17-19-9-11-22(35-2)12-10-19;1-25(5-3-4-6-25)8-11-9-31-18-12(17(27)24(18)16(11)19(28)29)7-14(26)15(23-30-2)13-10-32-20(21)22-13/h6-9,16,20,26H,4-5,10-15H2,1-3H3,(H2,29,30);3-4,7-12,15,24,27H,5-6,13-14,16-18H2,1-2H3;10,12,18H,3-9H2,1-2H3,(H2-,21,22,28,29)/q+1;;/p+1/b31-23-;;23-15-/t20-,26-;24-,27-;12-,18-/m111/s1. The van der Waals surface area contributed by atoms with Crippen LogP contribution in [0.4, 0.5) is 10.3 Å². The van der Waals surface area contributed by atoms with Crippen molar-refractivity contribution in [2.75, 3.05) is 137 Å². The summed E-state index contributed by atoms with van der Waals surface area (Å²) >= 11 is 7.06. The molecule has 6 fully saturated rings. The minimum Gasteiger partial charge on any atom is -0.543 e. The Balaban J connectivity index is 0.000000155. The van der Waals surface area contributed by atoms with Gasteiger partial charge in [0.05, 0.1) is 109 Å². The fourth-order valence-electron chi connectivity index (χ4n) is 15.5. The number of aliphatic carboxylic acids is 1. The molecule has 3 aromatic carbocycles. The number of nitrogens with two attached hydrogens (primary N) is 2. The van der Waals surface area contributed by atoms with E-state index in [0.29, 0.717) is 69.6 Å². The number of quaternary nitrogens is 3. The van der Waals surface area contributed by atoms with Gasteiger partial charge in [0.25, 0.3) is 5.91 Å². The third kappa shape index (κ3) is 17.9. The average Bonchev–Trinajstić information content (AvgIpc) is 0.776. The number of fused-ring (bicyclic) bond motifs is 3. The van der Waals surface area contributed by atoms with Crippen LogP contribution in [0.3, 0.4) is 0 Å². The van der Waals surface area contributed by atoms with Crippen LogP contribution in [0.1, 0.15) is 79.4 Å². The minimum atomic E-state index is -1.34. The number of ether oxygens (including phenoxy) is 4. The van der Waals surface area contributed by atoms with Crippen LogP contribution in [0.25, 0.3) is 0 Å². The molecule has 34 heteroatoms. The molecule has 0 radical (unpaired) electrons. The molecule has 6 saturated heterocycles. The highest BCUT2D eigenvalue weighted by Crippen LogP contribution is 2.49. The Kier molecular flexibility index (Phi) is 25.6. The monoisotopic (exact) mass is 1600 g/mol. The van der Waals surface area contributed by atoms with E-state index in [0.717, 1.165) is 119 Å². The summed E-state index contributed by atoms with van der Waals surface area (Å²) in [4.78, 5) is 132. The van der Waals surface area contributed by atoms with Gasteiger partial charge in [-0.15, -0.1) is 58.0 Å². The molecule has 5 aromatic rings. The first-order valence-corrected chi connectivity index (χ1v) is 41.1. The molecular weight excluding hydrogens is 1510 g/mol. The molecule has 0 bridgehead atoms. The number of hydrogen-bond acceptors (Lipinski definition) is 28. The number of aliphatic imine (C=N–C) groups is 1. The number of carboxylic acid groups (broad SMARTS) is 1. The van der Waals surface area contributed by atoms with Crippen molar-refractivity contribution in [1.29, 1.82) is 0 Å². The Morgan fingerprint density at radius 3 is 1.31 bits per heavy atom. The number of aromatic hydroxyl groups is 1. The van der Waals surface area contributed by atoms with E-state index < -0.39 is 46.9 Å². The number of phenolic OH excluding ortho intramolecular Hbond substituents is 1. The van der Waals surface area contributed by atoms with Gasteiger partial charge in [0, 0.05) is 108 Å². The molecule has 3 amide bonds. The number of methoxy groups -OCH3 is 2. The van der Waals surface area contributed by atoms with Gasteiger partial charge in [-0.1, -0.05) is 46.7 Å². The molecule has 0 saturated carbocycles. The van der Waals surface area contributed by atoms with E-state index in [9.17, 15) is 48.6 Å². The van der Waals surface area contributed by atoms with Gasteiger partial charge < -0.3 is 68.5 Å². The third-order valence-electron chi connectivity index (χ3n) is 21.2. The lowest BCUT2D eigenvalue weighted by Crippen LogP contribution is -2.64. The molecule has 14 rings (SSSR count). The van der Waals surface area contributed by atoms with Crippen molar-refractivity contribution >= 4 is 133 Å². The van der Waals surface area contributed by atoms with Crippen molar-refractivity contribution in [2.24, 2.45) is 27.1 Å². The Morgan fingerprint density at radius 2 is 0.936 bits per heavy atom. The Hall–Kier alpha value is -9.16. The average molecular weight is 1600 g/mol. The molecule has 584 valence electrons. The first-order valence-electron chi connectivity index (χ1n) is 36.2. The molecule has 5 N–H and O–H groups in total. The second kappa shape index (κ2) is 35.0. The van der Waals surface area contributed by atoms with E-state index in [-0.39, 0.29) is 88.3 Å². The lowest BCUT2D eigenvalue weighted by Gasteiger charge is -2.51. The van der Waals surface area contributed by atoms with E-state index in [1.807, 2.05) is 36.4 Å². The van der Waals surface area contributed by atoms with Crippen LogP contribution in [-0.2, 0) is 70.7 Å². The molecule has 9 aliphatic rings. The molecule has 11 heterocycles. The summed E-state index contributed by atoms with van der Waals surface area (Å²) in [5.74, 6) is -1.95. The number of esters is 2. The number of para-hydroxylation sites is 1. The van der Waals surface area contributed by atoms with Gasteiger partial charge in [0.2, 0.25) is 11.8 Å². The molecule has 6 atom stereocenters. The zero-order valence-corrected chi connectivity index (χ0v) is 66.4. The molecule has 110 heavy (non-hydrogen) atoms. The Labute approximate surface area is 658 Å². The first kappa shape index (κ1) is 80.4. The molecular formula is C76H91N13O16S5+2. The zero-order valence-electron chi connectivity index (χ0n) is 62.4. The predicted molar refractivity (Wildman–Crippen MR) is 417 cm³/mol. The van der Waals surface area contributed by atoms with E-state index in [1.54, 1.807) is 89.8 Å². The maximum atomic E-state index is 13.6. The zero-order chi connectivity index (χ0) is 78.2. The van der Waals surface area contributed by atoms with E-state index >= 15 is 0 Å². The number of β-lactam (4-membered cyclic amide) rings is 3. The SMILES string of the molecule is CO/N=C(\C(=O)C[C@@H]1C(=O)N2C(C(=O)OCc3ccc(OC)cc3)=C(C[N+]3(C)CCCC3)CS[C@H]12)c1csc(N)n1.CO/N=C(\C(=O)C[C@@H]1C(=O)N2C(C(=O)[O-])=C(C[N+]3(C)CCCC3)CS[C@H]12)c1csc(N)n1.COc1ccc(COC(=O)C2=C(C[N+]3(C)CCCC3)CS[C@@H]3[C@H](N=Cc4ccccc4O)C(=O)N23)cc1. The number of oxime groups is 2. The number of rotatable bonds is 27. The highest BCUT2D eigenvalue weighted by molar-refractivity contribution is 8.00. The number of nitrogen functional groups attached to an aromatic ring is 2. The van der Waals surface area contributed by atoms with Gasteiger partial charge in [-0.2, -0.15) is 0 Å². The maximum Gasteiger partial charge on any atom is 0.355 e. The Morgan fingerprint density at radius 1 is 0.555 bits per heavy atom. The number of thiazole rings is 2. The molecule has 0 unspecified atom stereocenters. The number of nitrogens with zero attached hydrogens (tertiary/aromatic N) is 11. The topological polar surface area (TPSA) is 360 Å². The summed E-state index contributed by atoms with van der Waals surface area (Å²) in [6, 6.07) is 20.9. The number of amides is 3. The van der Waals surface area contributed by atoms with Gasteiger partial charge >= 0.3 is 11.9 Å². The second-order valence-corrected chi connectivity index (χ2v) is 34.2. The summed E-state index contributed by atoms with van der Waals surface area (Å²) in [6.45, 7) is 8.34. The van der Waals surface area contributed by atoms with Crippen molar-refractivity contribution in [3.63, 3.8) is 0 Å².